The summed E-state index contributed by atoms with van der Waals surface area (Å²) in [7, 11) is 0. The maximum atomic E-state index is 5.58. The Morgan fingerprint density at radius 3 is 2.76 bits per heavy atom. The lowest BCUT2D eigenvalue weighted by molar-refractivity contribution is 0.590. The van der Waals surface area contributed by atoms with Gasteiger partial charge in [-0.2, -0.15) is 0 Å². The molecule has 0 spiro atoms. The first-order valence-electron chi connectivity index (χ1n) is 4.78. The number of para-hydroxylation sites is 1. The number of anilines is 1. The van der Waals surface area contributed by atoms with Crippen LogP contribution in [0.25, 0.3) is 11.5 Å². The molecule has 0 aliphatic carbocycles. The van der Waals surface area contributed by atoms with Crippen molar-refractivity contribution >= 4 is 29.1 Å². The van der Waals surface area contributed by atoms with E-state index in [4.69, 9.17) is 27.5 Å². The Kier molecular flexibility index (Phi) is 3.24. The van der Waals surface area contributed by atoms with Crippen LogP contribution in [0.4, 0.5) is 11.7 Å². The molecule has 88 valence electrons. The van der Waals surface area contributed by atoms with Crippen molar-refractivity contribution in [1.29, 1.82) is 0 Å². The van der Waals surface area contributed by atoms with E-state index in [1.165, 1.54) is 0 Å². The van der Waals surface area contributed by atoms with Gasteiger partial charge in [0.25, 0.3) is 5.89 Å². The highest BCUT2D eigenvalue weighted by Gasteiger charge is 2.10. The number of alkyl halides is 1. The number of nitrogen functional groups attached to an aromatic ring is 1. The Bertz CT molecular complexity index is 551. The van der Waals surface area contributed by atoms with Crippen molar-refractivity contribution in [2.45, 2.75) is 0 Å². The lowest BCUT2D eigenvalue weighted by Crippen LogP contribution is -2.12. The summed E-state index contributed by atoms with van der Waals surface area (Å²) < 4.78 is 5.14. The molecule has 0 bridgehead atoms. The summed E-state index contributed by atoms with van der Waals surface area (Å²) >= 11 is 5.58. The first kappa shape index (κ1) is 11.4. The van der Waals surface area contributed by atoms with Crippen molar-refractivity contribution < 1.29 is 4.42 Å². The predicted molar refractivity (Wildman–Crippen MR) is 66.1 cm³/mol. The molecule has 1 heterocycles. The van der Waals surface area contributed by atoms with Crippen molar-refractivity contribution in [3.8, 4) is 11.5 Å². The van der Waals surface area contributed by atoms with Gasteiger partial charge in [-0.3, -0.25) is 0 Å². The summed E-state index contributed by atoms with van der Waals surface area (Å²) in [5.41, 5.74) is 12.2. The van der Waals surface area contributed by atoms with Crippen LogP contribution in [0.5, 0.6) is 0 Å². The van der Waals surface area contributed by atoms with Crippen molar-refractivity contribution in [2.24, 2.45) is 10.7 Å². The monoisotopic (exact) mass is 251 g/mol. The zero-order valence-corrected chi connectivity index (χ0v) is 9.55. The highest BCUT2D eigenvalue weighted by atomic mass is 35.5. The van der Waals surface area contributed by atoms with Gasteiger partial charge >= 0.3 is 6.01 Å². The number of nitrogens with two attached hydrogens (primary N) is 2. The Morgan fingerprint density at radius 2 is 2.12 bits per heavy atom. The molecule has 0 radical (unpaired) electrons. The van der Waals surface area contributed by atoms with E-state index in [9.17, 15) is 0 Å². The van der Waals surface area contributed by atoms with Gasteiger partial charge < -0.3 is 15.9 Å². The van der Waals surface area contributed by atoms with Crippen LogP contribution >= 0.6 is 11.6 Å². The molecule has 0 saturated carbocycles. The van der Waals surface area contributed by atoms with E-state index < -0.39 is 0 Å². The lowest BCUT2D eigenvalue weighted by Gasteiger charge is -2.01. The third kappa shape index (κ3) is 2.54. The number of hydrogen-bond donors (Lipinski definition) is 2. The van der Waals surface area contributed by atoms with Gasteiger partial charge in [0, 0.05) is 0 Å². The first-order chi connectivity index (χ1) is 8.20. The number of amidine groups is 1. The van der Waals surface area contributed by atoms with E-state index in [2.05, 4.69) is 15.2 Å². The van der Waals surface area contributed by atoms with Gasteiger partial charge in [-0.15, -0.1) is 16.7 Å². The minimum atomic E-state index is 0.00379. The van der Waals surface area contributed by atoms with Gasteiger partial charge in [-0.25, -0.2) is 4.99 Å². The molecule has 4 N–H and O–H groups in total. The molecule has 0 unspecified atom stereocenters. The molecule has 0 saturated heterocycles. The molecule has 1 aromatic carbocycles. The van der Waals surface area contributed by atoms with Crippen LogP contribution in [-0.2, 0) is 0 Å². The highest BCUT2D eigenvalue weighted by Crippen LogP contribution is 2.29. The van der Waals surface area contributed by atoms with Crippen LogP contribution < -0.4 is 11.5 Å². The van der Waals surface area contributed by atoms with Gasteiger partial charge in [0.1, 0.15) is 5.84 Å². The van der Waals surface area contributed by atoms with Crippen LogP contribution in [0.15, 0.2) is 33.7 Å². The first-order valence-corrected chi connectivity index (χ1v) is 5.31. The van der Waals surface area contributed by atoms with Gasteiger partial charge in [-0.05, 0) is 12.1 Å². The van der Waals surface area contributed by atoms with Crippen LogP contribution in [-0.4, -0.2) is 21.9 Å². The quantitative estimate of drug-likeness (QED) is 0.489. The van der Waals surface area contributed by atoms with Gasteiger partial charge in [0.15, 0.2) is 0 Å². The normalized spacial score (nSPS) is 11.7. The van der Waals surface area contributed by atoms with Crippen LogP contribution in [0.3, 0.4) is 0 Å². The van der Waals surface area contributed by atoms with Gasteiger partial charge in [0.2, 0.25) is 0 Å². The van der Waals surface area contributed by atoms with Crippen molar-refractivity contribution in [3.05, 3.63) is 24.3 Å². The summed E-state index contributed by atoms with van der Waals surface area (Å²) in [6.45, 7) is 0. The minimum absolute atomic E-state index is 0.00379. The van der Waals surface area contributed by atoms with Crippen molar-refractivity contribution in [1.82, 2.24) is 10.2 Å². The second-order valence-electron chi connectivity index (χ2n) is 3.20. The summed E-state index contributed by atoms with van der Waals surface area (Å²) in [5.74, 6) is 0.760. The molecule has 0 amide bonds. The number of rotatable bonds is 3. The fourth-order valence-corrected chi connectivity index (χ4v) is 1.34. The summed E-state index contributed by atoms with van der Waals surface area (Å²) in [5, 5.41) is 7.38. The minimum Gasteiger partial charge on any atom is -0.403 e. The van der Waals surface area contributed by atoms with Crippen LogP contribution in [0.1, 0.15) is 0 Å². The Balaban J connectivity index is 2.48. The second-order valence-corrected chi connectivity index (χ2v) is 3.47. The van der Waals surface area contributed by atoms with E-state index in [1.54, 1.807) is 12.1 Å². The molecular weight excluding hydrogens is 242 g/mol. The second kappa shape index (κ2) is 4.84. The highest BCUT2D eigenvalue weighted by molar-refractivity contribution is 6.28. The molecule has 7 heteroatoms. The number of aromatic nitrogens is 2. The number of aliphatic imine (C=N–C) groups is 1. The maximum absolute atomic E-state index is 5.58. The Morgan fingerprint density at radius 1 is 1.35 bits per heavy atom. The molecule has 1 aromatic heterocycles. The molecular formula is C10H10ClN5O. The molecule has 2 aromatic rings. The fraction of sp³-hybridized carbons (Fsp3) is 0.100. The van der Waals surface area contributed by atoms with Crippen LogP contribution in [0.2, 0.25) is 0 Å². The van der Waals surface area contributed by atoms with Gasteiger partial charge in [-0.1, -0.05) is 17.2 Å². The number of hydrogen-bond acceptors (Lipinski definition) is 5. The summed E-state index contributed by atoms with van der Waals surface area (Å²) in [6, 6.07) is 7.21. The molecule has 17 heavy (non-hydrogen) atoms. The largest absolute Gasteiger partial charge is 0.403 e. The topological polar surface area (TPSA) is 103 Å². The molecule has 0 fully saturated rings. The fourth-order valence-electron chi connectivity index (χ4n) is 1.28. The third-order valence-electron chi connectivity index (χ3n) is 1.98. The maximum Gasteiger partial charge on any atom is 0.313 e. The summed E-state index contributed by atoms with van der Waals surface area (Å²) in [4.78, 5) is 4.16. The van der Waals surface area contributed by atoms with E-state index in [0.29, 0.717) is 23.0 Å². The molecule has 0 aliphatic rings. The SMILES string of the molecule is NC(CCl)=Nc1ccccc1-c1nnc(N)o1. The van der Waals surface area contributed by atoms with E-state index in [1.807, 2.05) is 12.1 Å². The van der Waals surface area contributed by atoms with E-state index >= 15 is 0 Å². The molecule has 6 nitrogen and oxygen atoms in total. The molecule has 2 rings (SSSR count). The Hall–Kier alpha value is -2.08. The van der Waals surface area contributed by atoms with Crippen molar-refractivity contribution in [3.63, 3.8) is 0 Å². The smallest absolute Gasteiger partial charge is 0.313 e. The lowest BCUT2D eigenvalue weighted by atomic mass is 10.2. The average molecular weight is 252 g/mol. The van der Waals surface area contributed by atoms with E-state index in [0.717, 1.165) is 0 Å². The summed E-state index contributed by atoms with van der Waals surface area (Å²) in [6.07, 6.45) is 0. The van der Waals surface area contributed by atoms with Crippen molar-refractivity contribution in [2.75, 3.05) is 11.6 Å². The zero-order valence-electron chi connectivity index (χ0n) is 8.80. The Labute approximate surface area is 102 Å². The zero-order chi connectivity index (χ0) is 12.3. The van der Waals surface area contributed by atoms with Gasteiger partial charge in [0.05, 0.1) is 17.1 Å². The van der Waals surface area contributed by atoms with E-state index in [-0.39, 0.29) is 11.9 Å². The third-order valence-corrected chi connectivity index (χ3v) is 2.25. The van der Waals surface area contributed by atoms with Crippen LogP contribution in [0, 0.1) is 0 Å². The predicted octanol–water partition coefficient (Wildman–Crippen LogP) is 1.55. The number of benzene rings is 1. The molecule has 0 atom stereocenters. The number of nitrogens with zero attached hydrogens (tertiary/aromatic N) is 3. The average Bonchev–Trinajstić information content (AvgIpc) is 2.76. The standard InChI is InChI=1S/C10H10ClN5O/c11-5-8(12)14-7-4-2-1-3-6(7)9-15-16-10(13)17-9/h1-4H,5H2,(H2,12,14)(H2,13,16). The molecule has 0 aliphatic heterocycles. The number of halogens is 1.